The van der Waals surface area contributed by atoms with Crippen molar-refractivity contribution < 1.29 is 18.1 Å². The summed E-state index contributed by atoms with van der Waals surface area (Å²) in [4.78, 5) is 30.2. The average Bonchev–Trinajstić information content (AvgIpc) is 3.47. The van der Waals surface area contributed by atoms with Crippen LogP contribution in [-0.4, -0.2) is 46.4 Å². The minimum absolute atomic E-state index is 0. The monoisotopic (exact) mass is 997 g/mol. The van der Waals surface area contributed by atoms with Crippen LogP contribution in [0.5, 0.6) is 0 Å². The van der Waals surface area contributed by atoms with Crippen LogP contribution in [0.25, 0.3) is 97.9 Å². The fraction of sp³-hybridized carbons (Fsp3) is 0.111. The second-order valence-corrected chi connectivity index (χ2v) is 16.8. The fourth-order valence-corrected chi connectivity index (χ4v) is 9.32. The van der Waals surface area contributed by atoms with Crippen LogP contribution in [0.15, 0.2) is 204 Å². The maximum atomic E-state index is 11.4. The molecule has 0 aliphatic rings. The summed E-state index contributed by atoms with van der Waals surface area (Å²) < 4.78 is 28.5. The Balaban J connectivity index is 0.000000157. The summed E-state index contributed by atoms with van der Waals surface area (Å²) in [7, 11) is 1.50. The Hall–Kier alpha value is -9.29. The highest BCUT2D eigenvalue weighted by Crippen LogP contribution is 2.38. The second-order valence-electron chi connectivity index (χ2n) is 16.8. The number of pyridine rings is 4. The third-order valence-electron chi connectivity index (χ3n) is 12.8. The van der Waals surface area contributed by atoms with Gasteiger partial charge in [0.2, 0.25) is 0 Å². The van der Waals surface area contributed by atoms with E-state index in [1.807, 2.05) is 128 Å². The molecule has 0 N–H and O–H groups in total. The van der Waals surface area contributed by atoms with Gasteiger partial charge in [-0.1, -0.05) is 141 Å². The minimum Gasteiger partial charge on any atom is -0.258 e. The van der Waals surface area contributed by atoms with Gasteiger partial charge in [0.1, 0.15) is 0 Å². The highest BCUT2D eigenvalue weighted by molar-refractivity contribution is 6.15. The molecule has 0 saturated heterocycles. The first-order valence-electron chi connectivity index (χ1n) is 23.5. The number of hydrogen-bond acceptors (Lipinski definition) is 8. The number of para-hydroxylation sites is 4. The molecule has 0 saturated carbocycles. The summed E-state index contributed by atoms with van der Waals surface area (Å²) in [6, 6.07) is 61.8. The molecule has 0 spiro atoms. The number of alkyl halides is 3. The molecular formula is C63H54F3N7O2. The molecule has 12 heteroatoms. The fourth-order valence-electron chi connectivity index (χ4n) is 9.32. The maximum absolute atomic E-state index is 11.4. The molecule has 13 rings (SSSR count). The predicted octanol–water partition coefficient (Wildman–Crippen LogP) is 18.7. The second kappa shape index (κ2) is 24.4. The number of halogens is 3. The highest BCUT2D eigenvalue weighted by Gasteiger charge is 2.18. The Bertz CT molecular complexity index is 4190. The van der Waals surface area contributed by atoms with Gasteiger partial charge >= 0.3 is 0 Å². The number of azo groups is 1. The van der Waals surface area contributed by atoms with Gasteiger partial charge in [-0.3, -0.25) is 28.3 Å². The first kappa shape index (κ1) is 53.5. The zero-order valence-electron chi connectivity index (χ0n) is 41.6. The number of fused-ring (bicyclic) bond motifs is 12. The normalized spacial score (nSPS) is 10.7. The molecule has 0 aliphatic carbocycles. The van der Waals surface area contributed by atoms with Crippen molar-refractivity contribution >= 4 is 115 Å². The molecule has 374 valence electrons. The van der Waals surface area contributed by atoms with Crippen molar-refractivity contribution in [1.29, 1.82) is 0 Å². The van der Waals surface area contributed by atoms with Crippen molar-refractivity contribution in [3.05, 3.63) is 221 Å². The van der Waals surface area contributed by atoms with Gasteiger partial charge in [-0.05, 0) is 86.0 Å². The van der Waals surface area contributed by atoms with E-state index in [1.165, 1.54) is 21.9 Å². The summed E-state index contributed by atoms with van der Waals surface area (Å²) >= 11 is 0. The van der Waals surface area contributed by atoms with Gasteiger partial charge in [0, 0.05) is 66.1 Å². The lowest BCUT2D eigenvalue weighted by atomic mass is 9.98. The molecule has 0 unspecified atom stereocenters. The van der Waals surface area contributed by atoms with Crippen LogP contribution in [0.1, 0.15) is 24.1 Å². The van der Waals surface area contributed by atoms with Crippen LogP contribution in [0.2, 0.25) is 0 Å². The molecule has 0 bridgehead atoms. The standard InChI is InChI=1S/C24H17N3.C18H12N2O2.C17H12N2.3CH3F.CH4/c1-16-18-11-7-8-14-22(18)25-24-20-13-6-5-12-19(20)23(15-21(16)24)27-26-17-9-3-2-4-10-17;1-11-12-6-4-5-9-16(12)19-18-14-8-3-2-7-13(14)17(20(21)22)10-15(11)18;1-11-12-6-2-5-9-16(12)19-17-13-7-3-4-8-15(13)18-10-14(11)17;3*1-2;/h2-15H,1H3;2-10H,1H3;2-10H,1H3;3*1H3;1H4. The molecule has 0 aliphatic heterocycles. The summed E-state index contributed by atoms with van der Waals surface area (Å²) in [6.07, 6.45) is 1.94. The lowest BCUT2D eigenvalue weighted by Gasteiger charge is -2.11. The van der Waals surface area contributed by atoms with E-state index in [1.54, 1.807) is 12.1 Å². The van der Waals surface area contributed by atoms with E-state index in [9.17, 15) is 23.3 Å². The molecule has 0 atom stereocenters. The number of benzene rings is 9. The third-order valence-corrected chi connectivity index (χ3v) is 12.8. The van der Waals surface area contributed by atoms with Gasteiger partial charge in [0.05, 0.1) is 81.8 Å². The van der Waals surface area contributed by atoms with Gasteiger partial charge in [0.25, 0.3) is 5.69 Å². The third kappa shape index (κ3) is 10.6. The quantitative estimate of drug-likeness (QED) is 0.0572. The van der Waals surface area contributed by atoms with Gasteiger partial charge < -0.3 is 0 Å². The molecule has 4 aromatic heterocycles. The van der Waals surface area contributed by atoms with E-state index in [4.69, 9.17) is 15.0 Å². The molecule has 9 nitrogen and oxygen atoms in total. The number of hydrogen-bond donors (Lipinski definition) is 0. The Morgan fingerprint density at radius 3 is 1.24 bits per heavy atom. The topological polar surface area (TPSA) is 119 Å². The molecule has 9 aromatic carbocycles. The smallest absolute Gasteiger partial charge is 0.258 e. The molecule has 0 radical (unpaired) electrons. The number of nitro benzene ring substituents is 1. The van der Waals surface area contributed by atoms with E-state index in [-0.39, 0.29) is 18.0 Å². The first-order chi connectivity index (χ1) is 36.3. The summed E-state index contributed by atoms with van der Waals surface area (Å²) in [5.74, 6) is 0. The van der Waals surface area contributed by atoms with Crippen LogP contribution < -0.4 is 0 Å². The average molecular weight is 998 g/mol. The van der Waals surface area contributed by atoms with Crippen molar-refractivity contribution in [3.8, 4) is 0 Å². The maximum Gasteiger partial charge on any atom is 0.277 e. The van der Waals surface area contributed by atoms with E-state index in [0.29, 0.717) is 26.9 Å². The molecule has 0 amide bonds. The van der Waals surface area contributed by atoms with E-state index < -0.39 is 0 Å². The number of aromatic nitrogens is 4. The molecule has 75 heavy (non-hydrogen) atoms. The van der Waals surface area contributed by atoms with Crippen LogP contribution in [0, 0.1) is 30.9 Å². The molecule has 0 fully saturated rings. The lowest BCUT2D eigenvalue weighted by Crippen LogP contribution is -1.94. The number of non-ortho nitro benzene ring substituents is 1. The Labute approximate surface area is 432 Å². The van der Waals surface area contributed by atoms with Crippen molar-refractivity contribution in [2.75, 3.05) is 21.5 Å². The van der Waals surface area contributed by atoms with Gasteiger partial charge in [0.15, 0.2) is 0 Å². The lowest BCUT2D eigenvalue weighted by molar-refractivity contribution is -0.382. The number of aryl methyl sites for hydroxylation is 3. The van der Waals surface area contributed by atoms with Crippen LogP contribution in [-0.2, 0) is 0 Å². The largest absolute Gasteiger partial charge is 0.277 e. The van der Waals surface area contributed by atoms with E-state index in [0.717, 1.165) is 98.6 Å². The van der Waals surface area contributed by atoms with Crippen molar-refractivity contribution in [2.24, 2.45) is 10.2 Å². The van der Waals surface area contributed by atoms with E-state index in [2.05, 4.69) is 89.7 Å². The zero-order chi connectivity index (χ0) is 52.3. The van der Waals surface area contributed by atoms with Crippen LogP contribution in [0.4, 0.5) is 30.2 Å². The Morgan fingerprint density at radius 2 is 0.747 bits per heavy atom. The number of nitro groups is 1. The number of nitrogens with zero attached hydrogens (tertiary/aromatic N) is 7. The predicted molar refractivity (Wildman–Crippen MR) is 307 cm³/mol. The highest BCUT2D eigenvalue weighted by atomic mass is 19.1. The van der Waals surface area contributed by atoms with Gasteiger partial charge in [-0.15, -0.1) is 5.11 Å². The SMILES string of the molecule is C.CF.CF.CF.Cc1c2ccccc2nc2c1cc(N=Nc1ccccc1)c1ccccc12.Cc1c2ccccc2nc2c1cc([N+](=O)[O-])c1ccccc12.Cc1c2ccccc2nc2c1cnc1ccccc12. The molecule has 13 aromatic rings. The first-order valence-corrected chi connectivity index (χ1v) is 23.5. The minimum atomic E-state index is -0.323. The summed E-state index contributed by atoms with van der Waals surface area (Å²) in [5, 5.41) is 31.6. The van der Waals surface area contributed by atoms with Gasteiger partial charge in [-0.25, -0.2) is 15.0 Å². The Kier molecular flexibility index (Phi) is 17.4. The summed E-state index contributed by atoms with van der Waals surface area (Å²) in [5.41, 5.74) is 12.2. The molecule has 4 heterocycles. The molecular weight excluding hydrogens is 944 g/mol. The van der Waals surface area contributed by atoms with Crippen molar-refractivity contribution in [2.45, 2.75) is 28.2 Å². The van der Waals surface area contributed by atoms with Crippen LogP contribution in [0.3, 0.4) is 0 Å². The van der Waals surface area contributed by atoms with E-state index >= 15 is 0 Å². The van der Waals surface area contributed by atoms with Gasteiger partial charge in [-0.2, -0.15) is 5.11 Å². The zero-order valence-corrected chi connectivity index (χ0v) is 41.6. The van der Waals surface area contributed by atoms with Crippen LogP contribution >= 0.6 is 0 Å². The Morgan fingerprint density at radius 1 is 0.387 bits per heavy atom. The van der Waals surface area contributed by atoms with Crippen molar-refractivity contribution in [3.63, 3.8) is 0 Å². The summed E-state index contributed by atoms with van der Waals surface area (Å²) in [6.45, 7) is 6.28. The number of rotatable bonds is 3. The van der Waals surface area contributed by atoms with Crippen molar-refractivity contribution in [1.82, 2.24) is 19.9 Å².